The fourth-order valence-electron chi connectivity index (χ4n) is 3.20. The van der Waals surface area contributed by atoms with Gasteiger partial charge in [-0.3, -0.25) is 0 Å². The summed E-state index contributed by atoms with van der Waals surface area (Å²) in [4.78, 5) is 0. The molecule has 28 heavy (non-hydrogen) atoms. The number of rotatable bonds is 8. The topological polar surface area (TPSA) is 41.5 Å². The lowest BCUT2D eigenvalue weighted by Crippen LogP contribution is -2.20. The summed E-state index contributed by atoms with van der Waals surface area (Å²) in [5.41, 5.74) is 5.69. The largest absolute Gasteiger partial charge is 0.508 e. The van der Waals surface area contributed by atoms with E-state index in [1.807, 2.05) is 30.3 Å². The Morgan fingerprint density at radius 1 is 0.821 bits per heavy atom. The van der Waals surface area contributed by atoms with Crippen molar-refractivity contribution in [3.63, 3.8) is 0 Å². The highest BCUT2D eigenvalue weighted by Gasteiger charge is 2.11. The van der Waals surface area contributed by atoms with Gasteiger partial charge in [-0.25, -0.2) is 0 Å². The molecule has 0 spiro atoms. The number of likely N-dealkylation sites (N-methyl/N-ethyl adjacent to an activating group) is 1. The van der Waals surface area contributed by atoms with Crippen molar-refractivity contribution in [3.05, 3.63) is 95.6 Å². The van der Waals surface area contributed by atoms with Gasteiger partial charge in [-0.15, -0.1) is 0 Å². The lowest BCUT2D eigenvalue weighted by atomic mass is 9.90. The molecule has 3 heteroatoms. The van der Waals surface area contributed by atoms with Crippen molar-refractivity contribution in [2.75, 3.05) is 19.7 Å². The average Bonchev–Trinajstić information content (AvgIpc) is 2.74. The fraction of sp³-hybridized carbons (Fsp3) is 0.200. The summed E-state index contributed by atoms with van der Waals surface area (Å²) < 4.78 is 5.80. The SMILES string of the molecule is CCNCCOc1ccc(/C(=C(/C)c2ccccc2)c2ccc(O)cc2)cc1. The quantitative estimate of drug-likeness (QED) is 0.413. The second kappa shape index (κ2) is 9.77. The van der Waals surface area contributed by atoms with Crippen molar-refractivity contribution in [3.8, 4) is 11.5 Å². The number of hydrogen-bond acceptors (Lipinski definition) is 3. The molecule has 3 aromatic carbocycles. The van der Waals surface area contributed by atoms with Crippen LogP contribution in [0.15, 0.2) is 78.9 Å². The van der Waals surface area contributed by atoms with Crippen molar-refractivity contribution in [1.29, 1.82) is 0 Å². The Hall–Kier alpha value is -3.04. The van der Waals surface area contributed by atoms with Crippen molar-refractivity contribution < 1.29 is 9.84 Å². The summed E-state index contributed by atoms with van der Waals surface area (Å²) in [5, 5.41) is 12.9. The highest BCUT2D eigenvalue weighted by molar-refractivity contribution is 5.97. The smallest absolute Gasteiger partial charge is 0.119 e. The number of phenols is 1. The zero-order valence-electron chi connectivity index (χ0n) is 16.5. The van der Waals surface area contributed by atoms with Crippen LogP contribution in [-0.4, -0.2) is 24.8 Å². The molecular formula is C25H27NO2. The summed E-state index contributed by atoms with van der Waals surface area (Å²) in [5.74, 6) is 1.13. The lowest BCUT2D eigenvalue weighted by Gasteiger charge is -2.15. The predicted octanol–water partition coefficient (Wildman–Crippen LogP) is 5.36. The minimum Gasteiger partial charge on any atom is -0.508 e. The normalized spacial score (nSPS) is 11.8. The number of ether oxygens (including phenoxy) is 1. The molecule has 3 aromatic rings. The van der Waals surface area contributed by atoms with Crippen molar-refractivity contribution in [2.24, 2.45) is 0 Å². The maximum absolute atomic E-state index is 9.68. The van der Waals surface area contributed by atoms with Crippen molar-refractivity contribution >= 4 is 11.1 Å². The van der Waals surface area contributed by atoms with Crippen LogP contribution >= 0.6 is 0 Å². The first-order valence-corrected chi connectivity index (χ1v) is 9.68. The molecule has 0 aliphatic carbocycles. The molecule has 3 rings (SSSR count). The molecule has 2 N–H and O–H groups in total. The molecule has 0 bridgehead atoms. The van der Waals surface area contributed by atoms with Gasteiger partial charge in [0, 0.05) is 6.54 Å². The van der Waals surface area contributed by atoms with E-state index in [9.17, 15) is 5.11 Å². The lowest BCUT2D eigenvalue weighted by molar-refractivity contribution is 0.315. The Labute approximate surface area is 167 Å². The first kappa shape index (κ1) is 19.7. The van der Waals surface area contributed by atoms with Gasteiger partial charge in [0.2, 0.25) is 0 Å². The Morgan fingerprint density at radius 3 is 2.04 bits per heavy atom. The van der Waals surface area contributed by atoms with Crippen LogP contribution in [0.3, 0.4) is 0 Å². The Kier molecular flexibility index (Phi) is 6.88. The Morgan fingerprint density at radius 2 is 1.43 bits per heavy atom. The molecular weight excluding hydrogens is 346 g/mol. The summed E-state index contributed by atoms with van der Waals surface area (Å²) in [6.45, 7) is 6.65. The van der Waals surface area contributed by atoms with E-state index in [1.165, 1.54) is 11.1 Å². The minimum absolute atomic E-state index is 0.268. The van der Waals surface area contributed by atoms with Crippen molar-refractivity contribution in [1.82, 2.24) is 5.32 Å². The maximum atomic E-state index is 9.68. The predicted molar refractivity (Wildman–Crippen MR) is 117 cm³/mol. The van der Waals surface area contributed by atoms with Gasteiger partial charge in [-0.05, 0) is 65.6 Å². The highest BCUT2D eigenvalue weighted by Crippen LogP contribution is 2.33. The number of benzene rings is 3. The summed E-state index contributed by atoms with van der Waals surface area (Å²) in [6, 6.07) is 25.9. The van der Waals surface area contributed by atoms with Gasteiger partial charge in [0.15, 0.2) is 0 Å². The first-order chi connectivity index (χ1) is 13.7. The van der Waals surface area contributed by atoms with Crippen LogP contribution < -0.4 is 10.1 Å². The zero-order valence-corrected chi connectivity index (χ0v) is 16.5. The van der Waals surface area contributed by atoms with Crippen LogP contribution in [0.4, 0.5) is 0 Å². The third-order valence-corrected chi connectivity index (χ3v) is 4.68. The van der Waals surface area contributed by atoms with Crippen LogP contribution in [0.25, 0.3) is 11.1 Å². The molecule has 0 aromatic heterocycles. The maximum Gasteiger partial charge on any atom is 0.119 e. The monoisotopic (exact) mass is 373 g/mol. The van der Waals surface area contributed by atoms with E-state index >= 15 is 0 Å². The molecule has 0 saturated carbocycles. The second-order valence-electron chi connectivity index (χ2n) is 6.64. The molecule has 0 heterocycles. The van der Waals surface area contributed by atoms with E-state index in [1.54, 1.807) is 12.1 Å². The number of aromatic hydroxyl groups is 1. The number of phenolic OH excluding ortho intramolecular Hbond substituents is 1. The number of allylic oxidation sites excluding steroid dienone is 1. The molecule has 0 fully saturated rings. The highest BCUT2D eigenvalue weighted by atomic mass is 16.5. The van der Waals surface area contributed by atoms with Gasteiger partial charge in [-0.2, -0.15) is 0 Å². The van der Waals surface area contributed by atoms with E-state index in [2.05, 4.69) is 55.6 Å². The third kappa shape index (κ3) is 5.02. The standard InChI is InChI=1S/C25H27NO2/c1-3-26-17-18-28-24-15-11-22(12-16-24)25(21-9-13-23(27)14-10-21)19(2)20-7-5-4-6-8-20/h4-16,26-27H,3,17-18H2,1-2H3/b25-19-. The Balaban J connectivity index is 1.94. The number of hydrogen-bond donors (Lipinski definition) is 2. The molecule has 3 nitrogen and oxygen atoms in total. The van der Waals surface area contributed by atoms with Crippen LogP contribution in [0.1, 0.15) is 30.5 Å². The van der Waals surface area contributed by atoms with Crippen LogP contribution in [0.5, 0.6) is 11.5 Å². The van der Waals surface area contributed by atoms with Crippen LogP contribution in [0, 0.1) is 0 Å². The molecule has 0 atom stereocenters. The van der Waals surface area contributed by atoms with E-state index in [4.69, 9.17) is 4.74 Å². The molecule has 0 saturated heterocycles. The van der Waals surface area contributed by atoms with Crippen LogP contribution in [0.2, 0.25) is 0 Å². The summed E-state index contributed by atoms with van der Waals surface area (Å²) >= 11 is 0. The van der Waals surface area contributed by atoms with Gasteiger partial charge in [0.05, 0.1) is 0 Å². The zero-order chi connectivity index (χ0) is 19.8. The van der Waals surface area contributed by atoms with Crippen molar-refractivity contribution in [2.45, 2.75) is 13.8 Å². The summed E-state index contributed by atoms with van der Waals surface area (Å²) in [6.07, 6.45) is 0. The third-order valence-electron chi connectivity index (χ3n) is 4.68. The molecule has 144 valence electrons. The minimum atomic E-state index is 0.268. The van der Waals surface area contributed by atoms with Gasteiger partial charge >= 0.3 is 0 Å². The van der Waals surface area contributed by atoms with E-state index < -0.39 is 0 Å². The van der Waals surface area contributed by atoms with E-state index in [0.717, 1.165) is 35.5 Å². The second-order valence-corrected chi connectivity index (χ2v) is 6.64. The number of nitrogens with one attached hydrogen (secondary N) is 1. The van der Waals surface area contributed by atoms with E-state index in [0.29, 0.717) is 6.61 Å². The molecule has 0 amide bonds. The molecule has 0 unspecified atom stereocenters. The molecule has 0 radical (unpaired) electrons. The Bertz CT molecular complexity index is 898. The average molecular weight is 373 g/mol. The van der Waals surface area contributed by atoms with Gasteiger partial charge < -0.3 is 15.2 Å². The molecule has 0 aliphatic rings. The van der Waals surface area contributed by atoms with Gasteiger partial charge in [0.1, 0.15) is 18.1 Å². The van der Waals surface area contributed by atoms with Gasteiger partial charge in [0.25, 0.3) is 0 Å². The van der Waals surface area contributed by atoms with E-state index in [-0.39, 0.29) is 5.75 Å². The fourth-order valence-corrected chi connectivity index (χ4v) is 3.20. The first-order valence-electron chi connectivity index (χ1n) is 9.68. The molecule has 0 aliphatic heterocycles. The van der Waals surface area contributed by atoms with Crippen LogP contribution in [-0.2, 0) is 0 Å². The summed E-state index contributed by atoms with van der Waals surface area (Å²) in [7, 11) is 0. The van der Waals surface area contributed by atoms with Gasteiger partial charge in [-0.1, -0.05) is 61.5 Å².